The van der Waals surface area contributed by atoms with Crippen molar-refractivity contribution in [3.63, 3.8) is 0 Å². The van der Waals surface area contributed by atoms with Gasteiger partial charge in [-0.3, -0.25) is 0 Å². The Morgan fingerprint density at radius 2 is 0.919 bits per heavy atom. The second kappa shape index (κ2) is 13.5. The first-order valence-electron chi connectivity index (χ1n) is 25.2. The Kier molecular flexibility index (Phi) is 9.12. The first kappa shape index (κ1) is 41.8. The Bertz CT molecular complexity index is 2100. The zero-order valence-corrected chi connectivity index (χ0v) is 41.5. The molecule has 0 N–H and O–H groups in total. The van der Waals surface area contributed by atoms with Gasteiger partial charge in [-0.15, -0.1) is 9.24 Å². The van der Waals surface area contributed by atoms with Crippen LogP contribution in [0, 0.1) is 35.5 Å². The van der Waals surface area contributed by atoms with Crippen molar-refractivity contribution in [1.29, 1.82) is 0 Å². The van der Waals surface area contributed by atoms with Crippen molar-refractivity contribution in [2.24, 2.45) is 35.5 Å². The molecule has 4 saturated heterocycles. The predicted octanol–water partition coefficient (Wildman–Crippen LogP) is 14.2. The minimum atomic E-state index is -0.676. The summed E-state index contributed by atoms with van der Waals surface area (Å²) in [7, 11) is 3.01. The summed E-state index contributed by atoms with van der Waals surface area (Å²) >= 11 is 0. The molecular weight excluding hydrogens is 795 g/mol. The van der Waals surface area contributed by atoms with Crippen LogP contribution in [0.5, 0.6) is 0 Å². The standard InChI is InChI=1S/C57H76O3P2/c1-49(2,44-15-11-9-12-16-44)47-25-43(33-62(55-27-37-19-38(28-55)21-39(20-37)29-55)56-30-40-22-41(31-56)24-42(23-40)32-56)46(26-48(47)50(3,4)45-17-13-10-14-18-45)57(36-61)51(5)34-53(7)59-52(57,6)35-54(8,58-51)60-53/h9-18,25-26,37-42H,19-24,27-36,61H2,1-8H3. The van der Waals surface area contributed by atoms with Crippen molar-refractivity contribution in [2.75, 3.05) is 6.16 Å². The van der Waals surface area contributed by atoms with Crippen molar-refractivity contribution < 1.29 is 14.2 Å². The van der Waals surface area contributed by atoms with Gasteiger partial charge in [0.25, 0.3) is 0 Å². The van der Waals surface area contributed by atoms with E-state index in [0.717, 1.165) is 54.5 Å². The quantitative estimate of drug-likeness (QED) is 0.190. The van der Waals surface area contributed by atoms with Crippen molar-refractivity contribution in [3.8, 4) is 0 Å². The lowest BCUT2D eigenvalue weighted by atomic mass is 9.51. The molecule has 332 valence electrons. The third kappa shape index (κ3) is 5.85. The van der Waals surface area contributed by atoms with Crippen molar-refractivity contribution >= 4 is 17.2 Å². The molecular formula is C57H76O3P2. The highest BCUT2D eigenvalue weighted by atomic mass is 31.1. The number of benzene rings is 3. The molecule has 3 aromatic rings. The lowest BCUT2D eigenvalue weighted by Crippen LogP contribution is -2.84. The summed E-state index contributed by atoms with van der Waals surface area (Å²) in [5.41, 5.74) is 7.09. The molecule has 0 aromatic heterocycles. The number of hydrogen-bond acceptors (Lipinski definition) is 3. The largest absolute Gasteiger partial charge is 0.343 e. The summed E-state index contributed by atoms with van der Waals surface area (Å²) < 4.78 is 21.8. The van der Waals surface area contributed by atoms with Crippen LogP contribution >= 0.6 is 17.2 Å². The smallest absolute Gasteiger partial charge is 0.172 e. The Hall–Kier alpha value is -1.60. The molecule has 8 saturated carbocycles. The Balaban J connectivity index is 1.14. The molecule has 12 bridgehead atoms. The Morgan fingerprint density at radius 3 is 1.29 bits per heavy atom. The minimum absolute atomic E-state index is 0.214. The summed E-state index contributed by atoms with van der Waals surface area (Å²) in [6.07, 6.45) is 21.9. The van der Waals surface area contributed by atoms with Crippen LogP contribution in [-0.2, 0) is 36.6 Å². The van der Waals surface area contributed by atoms with Crippen LogP contribution in [0.3, 0.4) is 0 Å². The van der Waals surface area contributed by atoms with Gasteiger partial charge in [0.1, 0.15) is 0 Å². The topological polar surface area (TPSA) is 27.7 Å². The molecule has 5 heteroatoms. The van der Waals surface area contributed by atoms with E-state index >= 15 is 0 Å². The summed E-state index contributed by atoms with van der Waals surface area (Å²) in [5, 5.41) is 1.05. The van der Waals surface area contributed by atoms with Crippen LogP contribution in [0.1, 0.15) is 179 Å². The highest BCUT2D eigenvalue weighted by Gasteiger charge is 2.78. The maximum Gasteiger partial charge on any atom is 0.172 e. The fourth-order valence-electron chi connectivity index (χ4n) is 19.1. The molecule has 12 aliphatic rings. The summed E-state index contributed by atoms with van der Waals surface area (Å²) in [4.78, 5) is 0. The molecule has 62 heavy (non-hydrogen) atoms. The van der Waals surface area contributed by atoms with E-state index in [2.05, 4.69) is 137 Å². The molecule has 4 heterocycles. The molecule has 15 rings (SSSR count). The van der Waals surface area contributed by atoms with Crippen LogP contribution in [-0.4, -0.2) is 39.3 Å². The van der Waals surface area contributed by atoms with Gasteiger partial charge in [0.15, 0.2) is 11.6 Å². The molecule has 5 unspecified atom stereocenters. The van der Waals surface area contributed by atoms with Gasteiger partial charge in [0.2, 0.25) is 0 Å². The third-order valence-corrected chi connectivity index (χ3v) is 24.9. The SMILES string of the molecule is CC12CC3(C)OC(C)(CC(C)(O1)C3(CP)c1cc(C(C)(C)c3ccccc3)c(C(C)(C)c3ccccc3)cc1CP(C13CC4CC(CC(C4)C1)C3)C13CC4CC(CC(C4)C1)C3)O2. The monoisotopic (exact) mass is 871 g/mol. The van der Waals surface area contributed by atoms with E-state index in [1.807, 2.05) is 0 Å². The van der Waals surface area contributed by atoms with Crippen molar-refractivity contribution in [1.82, 2.24) is 0 Å². The minimum Gasteiger partial charge on any atom is -0.343 e. The van der Waals surface area contributed by atoms with E-state index in [0.29, 0.717) is 10.3 Å². The first-order chi connectivity index (χ1) is 29.3. The molecule has 5 atom stereocenters. The number of rotatable bonds is 10. The van der Waals surface area contributed by atoms with Gasteiger partial charge in [-0.2, -0.15) is 0 Å². The Labute approximate surface area is 378 Å². The van der Waals surface area contributed by atoms with Gasteiger partial charge < -0.3 is 14.2 Å². The molecule has 3 nitrogen and oxygen atoms in total. The average Bonchev–Trinajstić information content (AvgIpc) is 3.18. The summed E-state index contributed by atoms with van der Waals surface area (Å²) in [6, 6.07) is 28.5. The predicted molar refractivity (Wildman–Crippen MR) is 258 cm³/mol. The zero-order chi connectivity index (χ0) is 42.9. The Morgan fingerprint density at radius 1 is 0.548 bits per heavy atom. The second-order valence-electron chi connectivity index (χ2n) is 25.4. The van der Waals surface area contributed by atoms with Gasteiger partial charge >= 0.3 is 0 Å². The highest BCUT2D eigenvalue weighted by molar-refractivity contribution is 7.60. The van der Waals surface area contributed by atoms with Crippen molar-refractivity contribution in [2.45, 2.75) is 201 Å². The van der Waals surface area contributed by atoms with E-state index in [-0.39, 0.29) is 18.8 Å². The molecule has 3 aromatic carbocycles. The molecule has 12 fully saturated rings. The zero-order valence-electron chi connectivity index (χ0n) is 39.5. The van der Waals surface area contributed by atoms with E-state index in [1.165, 1.54) is 111 Å². The van der Waals surface area contributed by atoms with Gasteiger partial charge in [-0.05, 0) is 196 Å². The third-order valence-electron chi connectivity index (χ3n) is 20.3. The van der Waals surface area contributed by atoms with E-state index < -0.39 is 28.2 Å². The fraction of sp³-hybridized carbons (Fsp3) is 0.684. The van der Waals surface area contributed by atoms with Gasteiger partial charge in [-0.25, -0.2) is 0 Å². The van der Waals surface area contributed by atoms with Crippen LogP contribution in [0.2, 0.25) is 0 Å². The van der Waals surface area contributed by atoms with Crippen LogP contribution < -0.4 is 0 Å². The van der Waals surface area contributed by atoms with Crippen LogP contribution in [0.4, 0.5) is 0 Å². The van der Waals surface area contributed by atoms with E-state index in [1.54, 1.807) is 5.56 Å². The highest BCUT2D eigenvalue weighted by Crippen LogP contribution is 2.80. The fourth-order valence-corrected chi connectivity index (χ4v) is 25.3. The molecule has 8 aliphatic carbocycles. The number of hydrogen-bond donors (Lipinski definition) is 0. The summed E-state index contributed by atoms with van der Waals surface area (Å²) in [5.74, 6) is 4.43. The lowest BCUT2D eigenvalue weighted by molar-refractivity contribution is -0.531. The lowest BCUT2D eigenvalue weighted by Gasteiger charge is -2.75. The molecule has 0 spiro atoms. The van der Waals surface area contributed by atoms with Gasteiger partial charge in [0, 0.05) is 23.7 Å². The normalized spacial score (nSPS) is 45.2. The number of ether oxygens (including phenoxy) is 3. The van der Waals surface area contributed by atoms with Crippen molar-refractivity contribution in [3.05, 3.63) is 106 Å². The second-order valence-corrected chi connectivity index (χ2v) is 28.9. The maximum atomic E-state index is 7.52. The molecule has 4 aliphatic heterocycles. The van der Waals surface area contributed by atoms with Gasteiger partial charge in [0.05, 0.1) is 16.6 Å². The summed E-state index contributed by atoms with van der Waals surface area (Å²) in [6.45, 7) is 19.4. The van der Waals surface area contributed by atoms with Crippen LogP contribution in [0.25, 0.3) is 0 Å². The van der Waals surface area contributed by atoms with E-state index in [9.17, 15) is 0 Å². The van der Waals surface area contributed by atoms with Crippen LogP contribution in [0.15, 0.2) is 72.8 Å². The average molecular weight is 871 g/mol. The molecule has 0 amide bonds. The van der Waals surface area contributed by atoms with E-state index in [4.69, 9.17) is 14.2 Å². The maximum absolute atomic E-state index is 7.52. The van der Waals surface area contributed by atoms with Gasteiger partial charge in [-0.1, -0.05) is 108 Å². The first-order valence-corrected chi connectivity index (χ1v) is 27.6. The molecule has 0 radical (unpaired) electrons.